The van der Waals surface area contributed by atoms with Crippen molar-refractivity contribution >= 4 is 21.4 Å². The van der Waals surface area contributed by atoms with E-state index >= 15 is 0 Å². The van der Waals surface area contributed by atoms with Crippen LogP contribution in [0, 0.1) is 6.92 Å². The number of aromatic nitrogens is 2. The maximum atomic E-state index is 13.3. The average Bonchev–Trinajstić information content (AvgIpc) is 3.28. The van der Waals surface area contributed by atoms with Crippen LogP contribution in [0.2, 0.25) is 0 Å². The molecule has 0 saturated carbocycles. The number of hydrogen-bond donors (Lipinski definition) is 2. The quantitative estimate of drug-likeness (QED) is 0.365. The van der Waals surface area contributed by atoms with Crippen LogP contribution in [0.15, 0.2) is 84.1 Å². The van der Waals surface area contributed by atoms with E-state index in [0.717, 1.165) is 22.7 Å². The lowest BCUT2D eigenvalue weighted by Crippen LogP contribution is -2.15. The van der Waals surface area contributed by atoms with Gasteiger partial charge >= 0.3 is 0 Å². The largest absolute Gasteiger partial charge is 0.496 e. The van der Waals surface area contributed by atoms with Crippen LogP contribution in [0.25, 0.3) is 5.69 Å². The molecular weight excluding hydrogens is 452 g/mol. The van der Waals surface area contributed by atoms with Gasteiger partial charge < -0.3 is 19.4 Å². The Morgan fingerprint density at radius 1 is 0.941 bits per heavy atom. The summed E-state index contributed by atoms with van der Waals surface area (Å²) in [5.41, 5.74) is 3.41. The van der Waals surface area contributed by atoms with Crippen molar-refractivity contribution in [1.82, 2.24) is 9.55 Å². The molecule has 0 unspecified atom stereocenters. The number of aryl methyl sites for hydroxylation is 1. The van der Waals surface area contributed by atoms with Crippen LogP contribution in [-0.4, -0.2) is 32.2 Å². The van der Waals surface area contributed by atoms with Crippen LogP contribution >= 0.6 is 0 Å². The molecule has 0 aliphatic heterocycles. The first-order valence-corrected chi connectivity index (χ1v) is 12.1. The lowest BCUT2D eigenvalue weighted by atomic mass is 10.2. The second-order valence-corrected chi connectivity index (χ2v) is 9.23. The number of methoxy groups -OCH3 is 2. The van der Waals surface area contributed by atoms with E-state index < -0.39 is 10.0 Å². The van der Waals surface area contributed by atoms with Crippen LogP contribution < -0.4 is 19.5 Å². The molecule has 8 nitrogen and oxygen atoms in total. The molecule has 0 radical (unpaired) electrons. The first-order valence-electron chi connectivity index (χ1n) is 10.6. The van der Waals surface area contributed by atoms with Crippen LogP contribution in [0.4, 0.5) is 11.4 Å². The summed E-state index contributed by atoms with van der Waals surface area (Å²) in [4.78, 5) is 4.37. The summed E-state index contributed by atoms with van der Waals surface area (Å²) in [5.74, 6) is 1.24. The third-order valence-electron chi connectivity index (χ3n) is 5.26. The molecule has 0 spiro atoms. The van der Waals surface area contributed by atoms with E-state index in [0.29, 0.717) is 23.7 Å². The lowest BCUT2D eigenvalue weighted by molar-refractivity contribution is 0.410. The highest BCUT2D eigenvalue weighted by Gasteiger charge is 2.20. The molecule has 0 atom stereocenters. The van der Waals surface area contributed by atoms with Crippen molar-refractivity contribution in [2.45, 2.75) is 18.4 Å². The van der Waals surface area contributed by atoms with E-state index in [4.69, 9.17) is 9.47 Å². The first kappa shape index (κ1) is 23.2. The van der Waals surface area contributed by atoms with Gasteiger partial charge in [0.1, 0.15) is 16.4 Å². The van der Waals surface area contributed by atoms with Crippen molar-refractivity contribution < 1.29 is 17.9 Å². The van der Waals surface area contributed by atoms with Gasteiger partial charge in [0.05, 0.1) is 43.3 Å². The molecule has 0 fully saturated rings. The highest BCUT2D eigenvalue weighted by Crippen LogP contribution is 2.30. The van der Waals surface area contributed by atoms with Gasteiger partial charge in [-0.2, -0.15) is 0 Å². The van der Waals surface area contributed by atoms with E-state index in [2.05, 4.69) is 15.0 Å². The van der Waals surface area contributed by atoms with Gasteiger partial charge in [-0.15, -0.1) is 0 Å². The Bertz CT molecular complexity index is 1400. The zero-order valence-corrected chi connectivity index (χ0v) is 20.0. The third-order valence-corrected chi connectivity index (χ3v) is 6.70. The van der Waals surface area contributed by atoms with E-state index in [1.54, 1.807) is 55.9 Å². The molecule has 0 amide bonds. The summed E-state index contributed by atoms with van der Waals surface area (Å²) in [6, 6.07) is 19.5. The van der Waals surface area contributed by atoms with Crippen LogP contribution in [0.1, 0.15) is 11.3 Å². The maximum absolute atomic E-state index is 13.3. The molecular formula is C25H26N4O4S. The van der Waals surface area contributed by atoms with Gasteiger partial charge in [-0.1, -0.05) is 30.3 Å². The molecule has 3 aromatic carbocycles. The summed E-state index contributed by atoms with van der Waals surface area (Å²) >= 11 is 0. The second kappa shape index (κ2) is 9.88. The van der Waals surface area contributed by atoms with Crippen LogP contribution in [-0.2, 0) is 16.6 Å². The van der Waals surface area contributed by atoms with Crippen LogP contribution in [0.3, 0.4) is 0 Å². The summed E-state index contributed by atoms with van der Waals surface area (Å²) in [5, 5.41) is 3.22. The number of ether oxygens (including phenoxy) is 2. The minimum absolute atomic E-state index is 0.137. The predicted octanol–water partition coefficient (Wildman–Crippen LogP) is 4.61. The molecule has 0 aliphatic carbocycles. The molecule has 4 rings (SSSR count). The predicted molar refractivity (Wildman–Crippen MR) is 132 cm³/mol. The van der Waals surface area contributed by atoms with Crippen LogP contribution in [0.5, 0.6) is 11.5 Å². The molecule has 34 heavy (non-hydrogen) atoms. The Hall–Kier alpha value is -3.98. The second-order valence-electron chi connectivity index (χ2n) is 7.58. The van der Waals surface area contributed by atoms with Crippen molar-refractivity contribution in [1.29, 1.82) is 0 Å². The van der Waals surface area contributed by atoms with Gasteiger partial charge in [0.2, 0.25) is 0 Å². The summed E-state index contributed by atoms with van der Waals surface area (Å²) in [6.45, 7) is 2.30. The molecule has 0 bridgehead atoms. The molecule has 0 aliphatic rings. The Labute approximate surface area is 199 Å². The minimum Gasteiger partial charge on any atom is -0.496 e. The highest BCUT2D eigenvalue weighted by atomic mass is 32.2. The molecule has 4 aromatic rings. The van der Waals surface area contributed by atoms with Crippen molar-refractivity contribution in [3.8, 4) is 17.2 Å². The number of anilines is 2. The number of para-hydroxylation sites is 2. The van der Waals surface area contributed by atoms with Gasteiger partial charge in [0.15, 0.2) is 0 Å². The molecule has 9 heteroatoms. The molecule has 1 aromatic heterocycles. The Balaban J connectivity index is 1.58. The summed E-state index contributed by atoms with van der Waals surface area (Å²) in [6.07, 6.45) is 3.55. The lowest BCUT2D eigenvalue weighted by Gasteiger charge is -2.16. The maximum Gasteiger partial charge on any atom is 0.263 e. The molecule has 0 saturated heterocycles. The zero-order chi connectivity index (χ0) is 24.1. The smallest absolute Gasteiger partial charge is 0.263 e. The van der Waals surface area contributed by atoms with Gasteiger partial charge in [-0.05, 0) is 37.3 Å². The summed E-state index contributed by atoms with van der Waals surface area (Å²) in [7, 11) is -0.735. The SMILES string of the molecule is COc1ccccc1CNc1ccccc1S(=O)(=O)Nc1ccc(-n2cnc(C)c2)c(OC)c1. The van der Waals surface area contributed by atoms with Gasteiger partial charge in [0.25, 0.3) is 10.0 Å². The number of hydrogen-bond acceptors (Lipinski definition) is 6. The number of nitrogens with one attached hydrogen (secondary N) is 2. The Morgan fingerprint density at radius 3 is 2.41 bits per heavy atom. The monoisotopic (exact) mass is 478 g/mol. The third kappa shape index (κ3) is 4.99. The fourth-order valence-electron chi connectivity index (χ4n) is 3.60. The number of nitrogens with zero attached hydrogens (tertiary/aromatic N) is 2. The van der Waals surface area contributed by atoms with Crippen molar-refractivity contribution in [3.05, 3.63) is 90.5 Å². The van der Waals surface area contributed by atoms with E-state index in [1.807, 2.05) is 42.0 Å². The van der Waals surface area contributed by atoms with Crippen molar-refractivity contribution in [2.75, 3.05) is 24.3 Å². The van der Waals surface area contributed by atoms with E-state index in [1.165, 1.54) is 7.11 Å². The van der Waals surface area contributed by atoms with E-state index in [-0.39, 0.29) is 4.90 Å². The Morgan fingerprint density at radius 2 is 1.68 bits per heavy atom. The van der Waals surface area contributed by atoms with Gasteiger partial charge in [-0.25, -0.2) is 13.4 Å². The number of sulfonamides is 1. The van der Waals surface area contributed by atoms with Gasteiger partial charge in [0, 0.05) is 24.4 Å². The standard InChI is InChI=1S/C25H26N4O4S/c1-18-16-29(17-27-18)22-13-12-20(14-24(22)33-3)28-34(30,31)25-11-7-5-9-21(25)26-15-19-8-4-6-10-23(19)32-2/h4-14,16-17,26,28H,15H2,1-3H3. The highest BCUT2D eigenvalue weighted by molar-refractivity contribution is 7.92. The topological polar surface area (TPSA) is 94.5 Å². The zero-order valence-electron chi connectivity index (χ0n) is 19.1. The van der Waals surface area contributed by atoms with Crippen molar-refractivity contribution in [3.63, 3.8) is 0 Å². The number of benzene rings is 3. The van der Waals surface area contributed by atoms with Crippen molar-refractivity contribution in [2.24, 2.45) is 0 Å². The van der Waals surface area contributed by atoms with Gasteiger partial charge in [-0.3, -0.25) is 4.72 Å². The summed E-state index contributed by atoms with van der Waals surface area (Å²) < 4.78 is 41.9. The molecule has 1 heterocycles. The number of imidazole rings is 1. The average molecular weight is 479 g/mol. The first-order chi connectivity index (χ1) is 16.4. The molecule has 176 valence electrons. The Kier molecular flexibility index (Phi) is 6.74. The fourth-order valence-corrected chi connectivity index (χ4v) is 4.84. The molecule has 2 N–H and O–H groups in total. The number of rotatable bonds is 9. The minimum atomic E-state index is -3.88. The normalized spacial score (nSPS) is 11.1. The fraction of sp³-hybridized carbons (Fsp3) is 0.160. The van der Waals surface area contributed by atoms with E-state index in [9.17, 15) is 8.42 Å².